The van der Waals surface area contributed by atoms with Crippen LogP contribution in [-0.2, 0) is 17.1 Å². The molecule has 0 atom stereocenters. The molecule has 0 unspecified atom stereocenters. The van der Waals surface area contributed by atoms with Gasteiger partial charge in [-0.1, -0.05) is 18.2 Å². The number of hydrogen-bond donors (Lipinski definition) is 1. The van der Waals surface area contributed by atoms with Gasteiger partial charge in [0.05, 0.1) is 10.6 Å². The van der Waals surface area contributed by atoms with Gasteiger partial charge in [0.25, 0.3) is 5.56 Å². The molecular weight excluding hydrogens is 302 g/mol. The van der Waals surface area contributed by atoms with Crippen molar-refractivity contribution in [2.45, 2.75) is 31.2 Å². The van der Waals surface area contributed by atoms with Gasteiger partial charge < -0.3 is 0 Å². The van der Waals surface area contributed by atoms with Crippen LogP contribution >= 0.6 is 0 Å². The Morgan fingerprint density at radius 2 is 1.73 bits per heavy atom. The molecule has 7 heteroatoms. The van der Waals surface area contributed by atoms with Gasteiger partial charge in [0.1, 0.15) is 0 Å². The molecule has 0 radical (unpaired) electrons. The third-order valence-electron chi connectivity index (χ3n) is 2.85. The maximum absolute atomic E-state index is 12.6. The summed E-state index contributed by atoms with van der Waals surface area (Å²) >= 11 is 0. The van der Waals surface area contributed by atoms with Crippen LogP contribution in [0.25, 0.3) is 11.3 Å². The van der Waals surface area contributed by atoms with Gasteiger partial charge in [-0.3, -0.25) is 4.79 Å². The minimum Gasteiger partial charge on any atom is -0.268 e. The number of aryl methyl sites for hydroxylation is 1. The predicted molar refractivity (Wildman–Crippen MR) is 85.0 cm³/mol. The van der Waals surface area contributed by atoms with E-state index in [2.05, 4.69) is 9.82 Å². The molecule has 0 fully saturated rings. The molecular formula is C15H19N3O3S. The monoisotopic (exact) mass is 321 g/mol. The summed E-state index contributed by atoms with van der Waals surface area (Å²) in [5.74, 6) is 0. The highest BCUT2D eigenvalue weighted by Gasteiger charge is 2.25. The fourth-order valence-electron chi connectivity index (χ4n) is 2.02. The zero-order chi connectivity index (χ0) is 16.5. The SMILES string of the molecule is Cn1nc(-c2ccccc2S(=O)(=O)NC(C)(C)C)ccc1=O. The van der Waals surface area contributed by atoms with Crippen molar-refractivity contribution in [3.05, 3.63) is 46.8 Å². The molecule has 0 aliphatic carbocycles. The van der Waals surface area contributed by atoms with Crippen LogP contribution in [0.15, 0.2) is 46.1 Å². The van der Waals surface area contributed by atoms with Gasteiger partial charge >= 0.3 is 0 Å². The van der Waals surface area contributed by atoms with E-state index in [1.165, 1.54) is 29.9 Å². The summed E-state index contributed by atoms with van der Waals surface area (Å²) in [5.41, 5.74) is 0.0341. The predicted octanol–water partition coefficient (Wildman–Crippen LogP) is 1.52. The lowest BCUT2D eigenvalue weighted by molar-refractivity contribution is 0.491. The average Bonchev–Trinajstić information content (AvgIpc) is 2.39. The minimum atomic E-state index is -3.70. The van der Waals surface area contributed by atoms with Crippen molar-refractivity contribution in [3.8, 4) is 11.3 Å². The van der Waals surface area contributed by atoms with Gasteiger partial charge in [-0.05, 0) is 32.9 Å². The van der Waals surface area contributed by atoms with E-state index in [1.54, 1.807) is 39.0 Å². The molecule has 0 amide bonds. The fraction of sp³-hybridized carbons (Fsp3) is 0.333. The van der Waals surface area contributed by atoms with Crippen LogP contribution in [0.2, 0.25) is 0 Å². The van der Waals surface area contributed by atoms with Crippen molar-refractivity contribution >= 4 is 10.0 Å². The molecule has 1 heterocycles. The molecule has 2 aromatic rings. The van der Waals surface area contributed by atoms with E-state index >= 15 is 0 Å². The van der Waals surface area contributed by atoms with E-state index < -0.39 is 15.6 Å². The third-order valence-corrected chi connectivity index (χ3v) is 4.67. The number of nitrogens with zero attached hydrogens (tertiary/aromatic N) is 2. The summed E-state index contributed by atoms with van der Waals surface area (Å²) in [6.45, 7) is 5.33. The molecule has 0 bridgehead atoms. The van der Waals surface area contributed by atoms with Crippen molar-refractivity contribution in [2.75, 3.05) is 0 Å². The minimum absolute atomic E-state index is 0.135. The summed E-state index contributed by atoms with van der Waals surface area (Å²) in [6, 6.07) is 9.47. The summed E-state index contributed by atoms with van der Waals surface area (Å²) in [5, 5.41) is 4.13. The molecule has 118 valence electrons. The lowest BCUT2D eigenvalue weighted by atomic mass is 10.1. The molecule has 0 saturated heterocycles. The normalized spacial score (nSPS) is 12.4. The van der Waals surface area contributed by atoms with Gasteiger partial charge in [0, 0.05) is 24.2 Å². The van der Waals surface area contributed by atoms with Gasteiger partial charge in [-0.2, -0.15) is 5.10 Å². The van der Waals surface area contributed by atoms with Gasteiger partial charge in [-0.25, -0.2) is 17.8 Å². The van der Waals surface area contributed by atoms with Crippen LogP contribution in [0.4, 0.5) is 0 Å². The summed E-state index contributed by atoms with van der Waals surface area (Å²) in [4.78, 5) is 11.6. The quantitative estimate of drug-likeness (QED) is 0.929. The molecule has 6 nitrogen and oxygen atoms in total. The fourth-order valence-corrected chi connectivity index (χ4v) is 3.65. The Bertz CT molecular complexity index is 849. The van der Waals surface area contributed by atoms with Crippen molar-refractivity contribution in [3.63, 3.8) is 0 Å². The van der Waals surface area contributed by atoms with Crippen LogP contribution in [0.3, 0.4) is 0 Å². The maximum atomic E-state index is 12.6. The summed E-state index contributed by atoms with van der Waals surface area (Å²) in [6.07, 6.45) is 0. The lowest BCUT2D eigenvalue weighted by Gasteiger charge is -2.21. The van der Waals surface area contributed by atoms with Crippen LogP contribution in [0.1, 0.15) is 20.8 Å². The highest BCUT2D eigenvalue weighted by molar-refractivity contribution is 7.89. The second-order valence-electron chi connectivity index (χ2n) is 6.03. The molecule has 0 aliphatic heterocycles. The van der Waals surface area contributed by atoms with E-state index in [0.29, 0.717) is 11.3 Å². The number of benzene rings is 1. The molecule has 0 spiro atoms. The first-order chi connectivity index (χ1) is 10.1. The van der Waals surface area contributed by atoms with Crippen molar-refractivity contribution in [1.82, 2.24) is 14.5 Å². The summed E-state index contributed by atoms with van der Waals surface area (Å²) < 4.78 is 29.0. The molecule has 1 aromatic heterocycles. The van der Waals surface area contributed by atoms with E-state index in [9.17, 15) is 13.2 Å². The smallest absolute Gasteiger partial charge is 0.266 e. The molecule has 1 aromatic carbocycles. The van der Waals surface area contributed by atoms with E-state index in [4.69, 9.17) is 0 Å². The Kier molecular flexibility index (Phi) is 4.21. The highest BCUT2D eigenvalue weighted by atomic mass is 32.2. The van der Waals surface area contributed by atoms with E-state index in [0.717, 1.165) is 0 Å². The molecule has 1 N–H and O–H groups in total. The Morgan fingerprint density at radius 1 is 1.09 bits per heavy atom. The standard InChI is InChI=1S/C15H19N3O3S/c1-15(2,3)17-22(20,21)13-8-6-5-7-11(13)12-9-10-14(19)18(4)16-12/h5-10,17H,1-4H3. The Hall–Kier alpha value is -1.99. The molecule has 2 rings (SSSR count). The van der Waals surface area contributed by atoms with Gasteiger partial charge in [0.2, 0.25) is 10.0 Å². The van der Waals surface area contributed by atoms with Crippen LogP contribution in [0.5, 0.6) is 0 Å². The number of aromatic nitrogens is 2. The zero-order valence-electron chi connectivity index (χ0n) is 13.0. The number of hydrogen-bond acceptors (Lipinski definition) is 4. The molecule has 0 aliphatic rings. The first-order valence-electron chi connectivity index (χ1n) is 6.78. The van der Waals surface area contributed by atoms with Crippen LogP contribution < -0.4 is 10.3 Å². The zero-order valence-corrected chi connectivity index (χ0v) is 13.8. The van der Waals surface area contributed by atoms with E-state index in [1.807, 2.05) is 0 Å². The van der Waals surface area contributed by atoms with Crippen LogP contribution in [-0.4, -0.2) is 23.7 Å². The molecule has 0 saturated carbocycles. The van der Waals surface area contributed by atoms with Crippen molar-refractivity contribution in [2.24, 2.45) is 7.05 Å². The first-order valence-corrected chi connectivity index (χ1v) is 8.26. The first kappa shape index (κ1) is 16.4. The van der Waals surface area contributed by atoms with E-state index in [-0.39, 0.29) is 10.5 Å². The van der Waals surface area contributed by atoms with Gasteiger partial charge in [-0.15, -0.1) is 0 Å². The Labute approximate surface area is 129 Å². The largest absolute Gasteiger partial charge is 0.268 e. The maximum Gasteiger partial charge on any atom is 0.266 e. The second kappa shape index (κ2) is 5.66. The van der Waals surface area contributed by atoms with Gasteiger partial charge in [0.15, 0.2) is 0 Å². The third kappa shape index (κ3) is 3.61. The summed E-state index contributed by atoms with van der Waals surface area (Å²) in [7, 11) is -2.17. The van der Waals surface area contributed by atoms with Crippen molar-refractivity contribution in [1.29, 1.82) is 0 Å². The average molecular weight is 321 g/mol. The highest BCUT2D eigenvalue weighted by Crippen LogP contribution is 2.25. The number of rotatable bonds is 3. The van der Waals surface area contributed by atoms with Crippen LogP contribution in [0, 0.1) is 0 Å². The lowest BCUT2D eigenvalue weighted by Crippen LogP contribution is -2.40. The molecule has 22 heavy (non-hydrogen) atoms. The van der Waals surface area contributed by atoms with Crippen molar-refractivity contribution < 1.29 is 8.42 Å². The second-order valence-corrected chi connectivity index (χ2v) is 7.68. The number of nitrogens with one attached hydrogen (secondary N) is 1. The Morgan fingerprint density at radius 3 is 2.32 bits per heavy atom. The number of sulfonamides is 1. The topological polar surface area (TPSA) is 81.1 Å². The Balaban J connectivity index is 2.61.